The van der Waals surface area contributed by atoms with Crippen molar-refractivity contribution in [3.63, 3.8) is 0 Å². The topological polar surface area (TPSA) is 0 Å². The largest absolute Gasteiger partial charge is 0.0877 e. The molecule has 0 amide bonds. The van der Waals surface area contributed by atoms with Crippen molar-refractivity contribution in [1.82, 2.24) is 0 Å². The molecule has 0 unspecified atom stereocenters. The summed E-state index contributed by atoms with van der Waals surface area (Å²) in [7, 11) is 0. The van der Waals surface area contributed by atoms with Crippen LogP contribution in [0.3, 0.4) is 0 Å². The van der Waals surface area contributed by atoms with Gasteiger partial charge >= 0.3 is 0 Å². The van der Waals surface area contributed by atoms with Crippen molar-refractivity contribution in [1.29, 1.82) is 0 Å². The molecule has 2 atom stereocenters. The lowest BCUT2D eigenvalue weighted by atomic mass is 10.1. The van der Waals surface area contributed by atoms with E-state index < -0.39 is 0 Å². The summed E-state index contributed by atoms with van der Waals surface area (Å²) in [5.74, 6) is 1.31. The first-order chi connectivity index (χ1) is 7.70. The van der Waals surface area contributed by atoms with Crippen LogP contribution in [0.25, 0.3) is 0 Å². The molecule has 0 rings (SSSR count). The molecule has 0 aromatic rings. The molecule has 0 heteroatoms. The van der Waals surface area contributed by atoms with Gasteiger partial charge in [0.1, 0.15) is 0 Å². The Morgan fingerprint density at radius 3 is 2.12 bits per heavy atom. The molecule has 16 heavy (non-hydrogen) atoms. The van der Waals surface area contributed by atoms with Crippen molar-refractivity contribution in [3.05, 3.63) is 48.6 Å². The van der Waals surface area contributed by atoms with E-state index in [1.165, 1.54) is 6.42 Å². The Hall–Kier alpha value is -1.04. The number of hydrogen-bond donors (Lipinski definition) is 0. The van der Waals surface area contributed by atoms with Gasteiger partial charge in [-0.15, -0.1) is 0 Å². The summed E-state index contributed by atoms with van der Waals surface area (Å²) in [6.45, 7) is 8.73. The second kappa shape index (κ2) is 10.5. The third-order valence-electron chi connectivity index (χ3n) is 2.58. The maximum absolute atomic E-state index is 2.26. The first-order valence-corrected chi connectivity index (χ1v) is 6.33. The summed E-state index contributed by atoms with van der Waals surface area (Å²) in [6, 6.07) is 0. The fourth-order valence-corrected chi connectivity index (χ4v) is 1.21. The van der Waals surface area contributed by atoms with E-state index >= 15 is 0 Å². The van der Waals surface area contributed by atoms with E-state index in [1.54, 1.807) is 0 Å². The van der Waals surface area contributed by atoms with Crippen molar-refractivity contribution in [2.75, 3.05) is 0 Å². The Morgan fingerprint density at radius 1 is 0.875 bits per heavy atom. The van der Waals surface area contributed by atoms with Gasteiger partial charge in [-0.1, -0.05) is 75.8 Å². The second-order valence-electron chi connectivity index (χ2n) is 4.32. The normalized spacial score (nSPS) is 17.0. The van der Waals surface area contributed by atoms with Crippen LogP contribution in [0.1, 0.15) is 40.5 Å². The first kappa shape index (κ1) is 15.0. The third kappa shape index (κ3) is 9.51. The Kier molecular flexibility index (Phi) is 9.80. The summed E-state index contributed by atoms with van der Waals surface area (Å²) in [4.78, 5) is 0. The number of allylic oxidation sites excluding steroid dienone is 8. The first-order valence-electron chi connectivity index (χ1n) is 6.33. The average Bonchev–Trinajstić information content (AvgIpc) is 2.28. The minimum absolute atomic E-state index is 0.615. The van der Waals surface area contributed by atoms with Gasteiger partial charge in [0, 0.05) is 0 Å². The van der Waals surface area contributed by atoms with Crippen molar-refractivity contribution < 1.29 is 0 Å². The number of hydrogen-bond acceptors (Lipinski definition) is 0. The van der Waals surface area contributed by atoms with Gasteiger partial charge in [-0.2, -0.15) is 0 Å². The zero-order valence-corrected chi connectivity index (χ0v) is 11.2. The van der Waals surface area contributed by atoms with Crippen molar-refractivity contribution in [3.8, 4) is 0 Å². The van der Waals surface area contributed by atoms with E-state index in [1.807, 2.05) is 13.0 Å². The van der Waals surface area contributed by atoms with Crippen LogP contribution in [0.15, 0.2) is 48.6 Å². The molecule has 0 N–H and O–H groups in total. The van der Waals surface area contributed by atoms with Gasteiger partial charge in [0.05, 0.1) is 0 Å². The van der Waals surface area contributed by atoms with Crippen molar-refractivity contribution >= 4 is 0 Å². The van der Waals surface area contributed by atoms with Gasteiger partial charge in [-0.25, -0.2) is 0 Å². The highest BCUT2D eigenvalue weighted by Gasteiger charge is 1.91. The summed E-state index contributed by atoms with van der Waals surface area (Å²) < 4.78 is 0. The summed E-state index contributed by atoms with van der Waals surface area (Å²) in [5, 5.41) is 0. The van der Waals surface area contributed by atoms with E-state index in [4.69, 9.17) is 0 Å². The van der Waals surface area contributed by atoms with E-state index in [0.717, 1.165) is 6.42 Å². The lowest BCUT2D eigenvalue weighted by Crippen LogP contribution is -1.85. The van der Waals surface area contributed by atoms with Crippen molar-refractivity contribution in [2.45, 2.75) is 40.5 Å². The molecule has 0 aromatic heterocycles. The standard InChI is InChI=1S/C16H26/c1-5-7-9-13-16(4)14-11-8-10-12-15(3)6-2/h5,7-13,15-16H,6,14H2,1-4H3/b7-5+,11-8-,12-10+,13-9+/t15-,16+/m1/s1. The highest BCUT2D eigenvalue weighted by atomic mass is 14.0. The molecule has 0 saturated heterocycles. The average molecular weight is 218 g/mol. The van der Waals surface area contributed by atoms with E-state index in [2.05, 4.69) is 63.3 Å². The van der Waals surface area contributed by atoms with Crippen LogP contribution in [0.4, 0.5) is 0 Å². The van der Waals surface area contributed by atoms with Crippen LogP contribution in [-0.2, 0) is 0 Å². The maximum Gasteiger partial charge on any atom is -0.0224 e. The third-order valence-corrected chi connectivity index (χ3v) is 2.58. The SMILES string of the molecule is C/C=C/C=C/[C@H](C)C/C=C\C=C\[C@H](C)CC. The maximum atomic E-state index is 2.26. The van der Waals surface area contributed by atoms with E-state index in [0.29, 0.717) is 11.8 Å². The zero-order chi connectivity index (χ0) is 12.2. The Bertz CT molecular complexity index is 253. The Labute approximate surface area is 101 Å². The van der Waals surface area contributed by atoms with Gasteiger partial charge in [0.15, 0.2) is 0 Å². The number of rotatable bonds is 7. The molecule has 0 aromatic carbocycles. The van der Waals surface area contributed by atoms with Crippen LogP contribution >= 0.6 is 0 Å². The summed E-state index contributed by atoms with van der Waals surface area (Å²) >= 11 is 0. The smallest absolute Gasteiger partial charge is 0.0224 e. The predicted octanol–water partition coefficient (Wildman–Crippen LogP) is 5.30. The molecule has 0 bridgehead atoms. The Morgan fingerprint density at radius 2 is 1.50 bits per heavy atom. The monoisotopic (exact) mass is 218 g/mol. The molecule has 0 heterocycles. The molecular weight excluding hydrogens is 192 g/mol. The van der Waals surface area contributed by atoms with Gasteiger partial charge < -0.3 is 0 Å². The molecule has 0 spiro atoms. The van der Waals surface area contributed by atoms with Crippen molar-refractivity contribution in [2.24, 2.45) is 11.8 Å². The van der Waals surface area contributed by atoms with Crippen LogP contribution < -0.4 is 0 Å². The van der Waals surface area contributed by atoms with Crippen LogP contribution in [0.5, 0.6) is 0 Å². The fourth-order valence-electron chi connectivity index (χ4n) is 1.21. The minimum Gasteiger partial charge on any atom is -0.0877 e. The summed E-state index contributed by atoms with van der Waals surface area (Å²) in [5.41, 5.74) is 0. The fraction of sp³-hybridized carbons (Fsp3) is 0.500. The highest BCUT2D eigenvalue weighted by Crippen LogP contribution is 2.06. The second-order valence-corrected chi connectivity index (χ2v) is 4.32. The molecule has 0 aliphatic rings. The molecule has 0 fully saturated rings. The van der Waals surface area contributed by atoms with Gasteiger partial charge in [0.25, 0.3) is 0 Å². The molecule has 0 aliphatic carbocycles. The predicted molar refractivity (Wildman–Crippen MR) is 75.5 cm³/mol. The summed E-state index contributed by atoms with van der Waals surface area (Å²) in [6.07, 6.45) is 19.6. The van der Waals surface area contributed by atoms with Crippen LogP contribution in [0.2, 0.25) is 0 Å². The van der Waals surface area contributed by atoms with Gasteiger partial charge in [0.2, 0.25) is 0 Å². The molecular formula is C16H26. The molecule has 90 valence electrons. The quantitative estimate of drug-likeness (QED) is 0.508. The molecule has 0 aliphatic heterocycles. The Balaban J connectivity index is 3.78. The molecule has 0 nitrogen and oxygen atoms in total. The van der Waals surface area contributed by atoms with Crippen LogP contribution in [0, 0.1) is 11.8 Å². The highest BCUT2D eigenvalue weighted by molar-refractivity contribution is 5.07. The van der Waals surface area contributed by atoms with Crippen LogP contribution in [-0.4, -0.2) is 0 Å². The van der Waals surface area contributed by atoms with Gasteiger partial charge in [-0.05, 0) is 25.2 Å². The van der Waals surface area contributed by atoms with Gasteiger partial charge in [-0.3, -0.25) is 0 Å². The van der Waals surface area contributed by atoms with E-state index in [9.17, 15) is 0 Å². The van der Waals surface area contributed by atoms with E-state index in [-0.39, 0.29) is 0 Å². The minimum atomic E-state index is 0.615. The zero-order valence-electron chi connectivity index (χ0n) is 11.2. The lowest BCUT2D eigenvalue weighted by Gasteiger charge is -1.99. The molecule has 0 saturated carbocycles. The lowest BCUT2D eigenvalue weighted by molar-refractivity contribution is 0.698. The molecule has 0 radical (unpaired) electrons.